The fourth-order valence-electron chi connectivity index (χ4n) is 8.65. The van der Waals surface area contributed by atoms with Gasteiger partial charge in [0.1, 0.15) is 12.4 Å². The fraction of sp³-hybridized carbons (Fsp3) is 0.522. The maximum Gasteiger partial charge on any atom is 0.303 e. The van der Waals surface area contributed by atoms with E-state index in [9.17, 15) is 17.8 Å². The van der Waals surface area contributed by atoms with Crippen LogP contribution in [0.3, 0.4) is 0 Å². The lowest BCUT2D eigenvalue weighted by Gasteiger charge is -2.30. The summed E-state index contributed by atoms with van der Waals surface area (Å²) in [5, 5.41) is 9.15. The summed E-state index contributed by atoms with van der Waals surface area (Å²) in [4.78, 5) is 13.4. The molecule has 2 aliphatic heterocycles. The van der Waals surface area contributed by atoms with Crippen LogP contribution in [-0.4, -0.2) is 113 Å². The summed E-state index contributed by atoms with van der Waals surface area (Å²) < 4.78 is 55.0. The van der Waals surface area contributed by atoms with Gasteiger partial charge >= 0.3 is 5.97 Å². The number of nitrogens with zero attached hydrogens (tertiary/aromatic N) is 3. The summed E-state index contributed by atoms with van der Waals surface area (Å²) in [7, 11) is 3.29. The summed E-state index contributed by atoms with van der Waals surface area (Å²) in [6.45, 7) is 15.4. The van der Waals surface area contributed by atoms with E-state index in [2.05, 4.69) is 101 Å². The molecule has 3 aliphatic rings. The summed E-state index contributed by atoms with van der Waals surface area (Å²) in [6.07, 6.45) is 13.1. The summed E-state index contributed by atoms with van der Waals surface area (Å²) in [5.41, 5.74) is 9.07. The maximum absolute atomic E-state index is 12.2. The van der Waals surface area contributed by atoms with Crippen LogP contribution in [-0.2, 0) is 40.0 Å². The van der Waals surface area contributed by atoms with Crippen molar-refractivity contribution in [3.05, 3.63) is 100.0 Å². The van der Waals surface area contributed by atoms with Gasteiger partial charge in [0.05, 0.1) is 57.1 Å². The van der Waals surface area contributed by atoms with Crippen LogP contribution in [0.5, 0.6) is 0 Å². The number of ether oxygens (including phenoxy) is 3. The molecule has 12 heteroatoms. The third kappa shape index (κ3) is 10.2. The van der Waals surface area contributed by atoms with Crippen LogP contribution < -0.4 is 4.90 Å². The highest BCUT2D eigenvalue weighted by molar-refractivity contribution is 7.85. The van der Waals surface area contributed by atoms with E-state index in [1.54, 1.807) is 26.4 Å². The quantitative estimate of drug-likeness (QED) is 0.0631. The van der Waals surface area contributed by atoms with E-state index in [0.717, 1.165) is 79.2 Å². The standard InChI is InChI=1S/C46H63N3O8S/c1-33-16-20-39-37(31-33)45(2,3)41(47(39)24-29-55-8)22-17-34-13-10-14-35(44(34)57-28-12-27-49(6,7)26-11-15-43(50)51)18-23-42-46(4,5)38-32-36(58(52,53)54)19-21-40(38)48(42)25-30-56-9/h16-23,31-32H,10-15,24-30H2,1-9H3/p+2. The second-order valence-corrected chi connectivity index (χ2v) is 18.9. The number of carboxylic acids is 1. The van der Waals surface area contributed by atoms with Crippen LogP contribution in [0.25, 0.3) is 0 Å². The van der Waals surface area contributed by atoms with E-state index in [1.165, 1.54) is 28.6 Å². The van der Waals surface area contributed by atoms with Crippen molar-refractivity contribution < 1.29 is 46.1 Å². The predicted molar refractivity (Wildman–Crippen MR) is 230 cm³/mol. The molecule has 0 aromatic heterocycles. The SMILES string of the molecule is COCCN1C(=CC=C2CCCC(C=CC3=[N+](CCOC)c4ccc(S(=O)(=O)O)cc4C3(C)C)=C2OCCC[N+](C)(C)CCCC(=O)O)C(C)(C)c2cc(C)ccc21. The Bertz CT molecular complexity index is 2120. The first-order valence-corrected chi connectivity index (χ1v) is 21.9. The Morgan fingerprint density at radius 3 is 2.33 bits per heavy atom. The first-order valence-electron chi connectivity index (χ1n) is 20.4. The smallest absolute Gasteiger partial charge is 0.303 e. The monoisotopic (exact) mass is 819 g/mol. The molecule has 0 saturated heterocycles. The minimum atomic E-state index is -4.38. The third-order valence-corrected chi connectivity index (χ3v) is 12.8. The molecular weight excluding hydrogens is 755 g/mol. The van der Waals surface area contributed by atoms with Crippen LogP contribution in [0.4, 0.5) is 11.4 Å². The summed E-state index contributed by atoms with van der Waals surface area (Å²) in [6, 6.07) is 11.5. The number of benzene rings is 2. The van der Waals surface area contributed by atoms with Crippen molar-refractivity contribution in [1.82, 2.24) is 0 Å². The molecule has 2 N–H and O–H groups in total. The molecule has 316 valence electrons. The minimum absolute atomic E-state index is 0.126. The number of carbonyl (C=O) groups is 1. The zero-order chi connectivity index (χ0) is 42.5. The van der Waals surface area contributed by atoms with Gasteiger partial charge in [-0.15, -0.1) is 0 Å². The Labute approximate surface area is 346 Å². The number of anilines is 1. The average molecular weight is 820 g/mol. The van der Waals surface area contributed by atoms with Crippen LogP contribution in [0.1, 0.15) is 82.9 Å². The van der Waals surface area contributed by atoms with Crippen LogP contribution in [0.2, 0.25) is 0 Å². The van der Waals surface area contributed by atoms with Gasteiger partial charge in [0.15, 0.2) is 12.3 Å². The average Bonchev–Trinajstić information content (AvgIpc) is 3.49. The van der Waals surface area contributed by atoms with Crippen molar-refractivity contribution in [2.75, 3.05) is 79.2 Å². The van der Waals surface area contributed by atoms with Gasteiger partial charge in [0.2, 0.25) is 5.69 Å². The molecule has 0 atom stereocenters. The van der Waals surface area contributed by atoms with Gasteiger partial charge in [0.25, 0.3) is 10.1 Å². The first kappa shape index (κ1) is 45.0. The molecule has 0 saturated carbocycles. The molecule has 0 radical (unpaired) electrons. The zero-order valence-corrected chi connectivity index (χ0v) is 36.9. The van der Waals surface area contributed by atoms with Gasteiger partial charge in [-0.05, 0) is 87.1 Å². The molecule has 11 nitrogen and oxygen atoms in total. The molecule has 2 aromatic carbocycles. The van der Waals surface area contributed by atoms with E-state index in [1.807, 2.05) is 0 Å². The summed E-state index contributed by atoms with van der Waals surface area (Å²) in [5.74, 6) is 0.117. The van der Waals surface area contributed by atoms with Gasteiger partial charge in [-0.1, -0.05) is 37.6 Å². The third-order valence-electron chi connectivity index (χ3n) is 11.9. The van der Waals surface area contributed by atoms with Gasteiger partial charge in [0, 0.05) is 68.1 Å². The minimum Gasteiger partial charge on any atom is -0.493 e. The zero-order valence-electron chi connectivity index (χ0n) is 36.1. The first-order chi connectivity index (χ1) is 27.3. The number of carboxylic acid groups (broad SMARTS) is 1. The molecule has 2 aromatic rings. The van der Waals surface area contributed by atoms with Crippen LogP contribution in [0.15, 0.2) is 88.2 Å². The number of hydrogen-bond acceptors (Lipinski definition) is 7. The Morgan fingerprint density at radius 1 is 0.914 bits per heavy atom. The molecule has 0 fully saturated rings. The van der Waals surface area contributed by atoms with Crippen LogP contribution in [0, 0.1) is 6.92 Å². The predicted octanol–water partition coefficient (Wildman–Crippen LogP) is 7.86. The number of allylic oxidation sites excluding steroid dienone is 7. The normalized spacial score (nSPS) is 19.2. The molecule has 0 amide bonds. The lowest BCUT2D eigenvalue weighted by atomic mass is 9.81. The molecule has 0 spiro atoms. The largest absolute Gasteiger partial charge is 0.493 e. The number of methoxy groups -OCH3 is 2. The second-order valence-electron chi connectivity index (χ2n) is 17.5. The summed E-state index contributed by atoms with van der Waals surface area (Å²) >= 11 is 0. The fourth-order valence-corrected chi connectivity index (χ4v) is 9.16. The van der Waals surface area contributed by atoms with Crippen molar-refractivity contribution in [2.45, 2.75) is 88.9 Å². The molecule has 2 heterocycles. The van der Waals surface area contributed by atoms with E-state index >= 15 is 0 Å². The highest BCUT2D eigenvalue weighted by Gasteiger charge is 2.45. The van der Waals surface area contributed by atoms with E-state index in [-0.39, 0.29) is 16.7 Å². The Balaban J connectivity index is 1.55. The van der Waals surface area contributed by atoms with Gasteiger partial charge in [-0.25, -0.2) is 0 Å². The molecule has 58 heavy (non-hydrogen) atoms. The Kier molecular flexibility index (Phi) is 14.3. The highest BCUT2D eigenvalue weighted by Crippen LogP contribution is 2.48. The maximum atomic E-state index is 12.2. The number of hydrogen-bond donors (Lipinski definition) is 2. The van der Waals surface area contributed by atoms with E-state index in [4.69, 9.17) is 19.3 Å². The van der Waals surface area contributed by atoms with Crippen LogP contribution >= 0.6 is 0 Å². The van der Waals surface area contributed by atoms with E-state index in [0.29, 0.717) is 37.3 Å². The van der Waals surface area contributed by atoms with Gasteiger partial charge in [-0.3, -0.25) is 9.35 Å². The van der Waals surface area contributed by atoms with Gasteiger partial charge in [-0.2, -0.15) is 13.0 Å². The Hall–Kier alpha value is -4.07. The number of aliphatic carboxylic acids is 1. The van der Waals surface area contributed by atoms with Gasteiger partial charge < -0.3 is 28.7 Å². The molecule has 5 rings (SSSR count). The number of quaternary nitrogens is 1. The second kappa shape index (κ2) is 18.5. The Morgan fingerprint density at radius 2 is 1.64 bits per heavy atom. The number of aryl methyl sites for hydroxylation is 1. The molecule has 0 unspecified atom stereocenters. The van der Waals surface area contributed by atoms with Crippen molar-refractivity contribution in [1.29, 1.82) is 0 Å². The lowest BCUT2D eigenvalue weighted by molar-refractivity contribution is -0.890. The topological polar surface area (TPSA) is 126 Å². The number of rotatable bonds is 19. The van der Waals surface area contributed by atoms with Crippen molar-refractivity contribution in [3.8, 4) is 0 Å². The van der Waals surface area contributed by atoms with E-state index < -0.39 is 21.5 Å². The van der Waals surface area contributed by atoms with Crippen molar-refractivity contribution >= 4 is 33.2 Å². The van der Waals surface area contributed by atoms with Crippen molar-refractivity contribution in [2.24, 2.45) is 0 Å². The number of fused-ring (bicyclic) bond motifs is 2. The lowest BCUT2D eigenvalue weighted by Crippen LogP contribution is -2.41. The highest BCUT2D eigenvalue weighted by atomic mass is 32.2. The molecule has 0 bridgehead atoms. The molecular formula is C46H65N3O8S+2. The van der Waals surface area contributed by atoms with Crippen molar-refractivity contribution in [3.63, 3.8) is 0 Å². The molecule has 1 aliphatic carbocycles.